The van der Waals surface area contributed by atoms with Crippen molar-refractivity contribution in [2.45, 2.75) is 12.5 Å². The molecule has 1 unspecified atom stereocenters. The average Bonchev–Trinajstić information content (AvgIpc) is 3.29. The van der Waals surface area contributed by atoms with Crippen LogP contribution in [0, 0.1) is 0 Å². The van der Waals surface area contributed by atoms with Crippen molar-refractivity contribution in [2.75, 3.05) is 19.2 Å². The number of hydrazone groups is 1. The number of fused-ring (bicyclic) bond motifs is 1. The predicted molar refractivity (Wildman–Crippen MR) is 128 cm³/mol. The summed E-state index contributed by atoms with van der Waals surface area (Å²) in [5.74, 6) is 1.63. The monoisotopic (exact) mass is 424 g/mol. The molecule has 0 bridgehead atoms. The number of ether oxygens (including phenoxy) is 2. The minimum absolute atomic E-state index is 0.108. The van der Waals surface area contributed by atoms with Gasteiger partial charge in [0.05, 0.1) is 31.7 Å². The fraction of sp³-hybridized carbons (Fsp3) is 0.148. The summed E-state index contributed by atoms with van der Waals surface area (Å²) in [4.78, 5) is 0. The van der Waals surface area contributed by atoms with Crippen LogP contribution in [0.5, 0.6) is 17.2 Å². The number of methoxy groups -OCH3 is 2. The fourth-order valence-electron chi connectivity index (χ4n) is 4.40. The van der Waals surface area contributed by atoms with Gasteiger partial charge in [-0.15, -0.1) is 0 Å². The van der Waals surface area contributed by atoms with Gasteiger partial charge in [-0.3, -0.25) is 5.01 Å². The van der Waals surface area contributed by atoms with E-state index in [1.165, 1.54) is 0 Å². The van der Waals surface area contributed by atoms with Gasteiger partial charge in [0, 0.05) is 22.9 Å². The molecule has 0 spiro atoms. The summed E-state index contributed by atoms with van der Waals surface area (Å²) in [7, 11) is 3.29. The first kappa shape index (κ1) is 19.9. The maximum Gasteiger partial charge on any atom is 0.166 e. The topological polar surface area (TPSA) is 54.3 Å². The van der Waals surface area contributed by atoms with Crippen molar-refractivity contribution < 1.29 is 14.6 Å². The lowest BCUT2D eigenvalue weighted by molar-refractivity contribution is 0.349. The van der Waals surface area contributed by atoms with Gasteiger partial charge in [0.1, 0.15) is 5.75 Å². The molecule has 5 rings (SSSR count). The maximum absolute atomic E-state index is 11.1. The summed E-state index contributed by atoms with van der Waals surface area (Å²) in [6.07, 6.45) is 0.615. The van der Waals surface area contributed by atoms with Crippen molar-refractivity contribution in [3.63, 3.8) is 0 Å². The quantitative estimate of drug-likeness (QED) is 0.432. The van der Waals surface area contributed by atoms with E-state index in [1.54, 1.807) is 14.2 Å². The summed E-state index contributed by atoms with van der Waals surface area (Å²) in [5.41, 5.74) is 3.52. The number of hydrogen-bond donors (Lipinski definition) is 1. The van der Waals surface area contributed by atoms with Crippen LogP contribution in [0.15, 0.2) is 90.0 Å². The molecule has 0 saturated carbocycles. The van der Waals surface area contributed by atoms with Crippen molar-refractivity contribution >= 4 is 22.2 Å². The highest BCUT2D eigenvalue weighted by atomic mass is 16.5. The Balaban J connectivity index is 1.64. The highest BCUT2D eigenvalue weighted by Gasteiger charge is 2.33. The Morgan fingerprint density at radius 2 is 1.62 bits per heavy atom. The molecule has 1 N–H and O–H groups in total. The van der Waals surface area contributed by atoms with Crippen molar-refractivity contribution in [1.29, 1.82) is 0 Å². The van der Waals surface area contributed by atoms with E-state index < -0.39 is 0 Å². The van der Waals surface area contributed by atoms with E-state index >= 15 is 0 Å². The van der Waals surface area contributed by atoms with Crippen molar-refractivity contribution in [1.82, 2.24) is 0 Å². The van der Waals surface area contributed by atoms with Crippen LogP contribution < -0.4 is 14.5 Å². The Hall–Kier alpha value is -3.99. The van der Waals surface area contributed by atoms with Crippen molar-refractivity contribution in [2.24, 2.45) is 5.10 Å². The zero-order valence-electron chi connectivity index (χ0n) is 18.0. The average molecular weight is 425 g/mol. The van der Waals surface area contributed by atoms with E-state index in [1.807, 2.05) is 89.9 Å². The molecule has 5 nitrogen and oxygen atoms in total. The van der Waals surface area contributed by atoms with Gasteiger partial charge in [-0.2, -0.15) is 5.10 Å². The lowest BCUT2D eigenvalue weighted by atomic mass is 9.95. The summed E-state index contributed by atoms with van der Waals surface area (Å²) in [6, 6.07) is 27.6. The minimum Gasteiger partial charge on any atom is -0.507 e. The molecular formula is C27H24N2O3. The first-order valence-corrected chi connectivity index (χ1v) is 10.5. The molecule has 160 valence electrons. The highest BCUT2D eigenvalue weighted by molar-refractivity contribution is 6.09. The number of nitrogens with zero attached hydrogens (tertiary/aromatic N) is 2. The molecular weight excluding hydrogens is 400 g/mol. The Labute approximate surface area is 187 Å². The molecule has 0 amide bonds. The second kappa shape index (κ2) is 8.27. The minimum atomic E-state index is -0.108. The van der Waals surface area contributed by atoms with E-state index in [9.17, 15) is 5.11 Å². The Kier molecular flexibility index (Phi) is 5.15. The van der Waals surface area contributed by atoms with Gasteiger partial charge in [-0.05, 0) is 29.7 Å². The zero-order chi connectivity index (χ0) is 22.1. The molecule has 5 heteroatoms. The molecule has 4 aromatic rings. The molecule has 1 heterocycles. The second-order valence-corrected chi connectivity index (χ2v) is 7.71. The van der Waals surface area contributed by atoms with E-state index in [4.69, 9.17) is 14.6 Å². The molecule has 0 saturated heterocycles. The van der Waals surface area contributed by atoms with Crippen LogP contribution in [0.25, 0.3) is 10.8 Å². The largest absolute Gasteiger partial charge is 0.507 e. The molecule has 0 aromatic heterocycles. The molecule has 1 atom stereocenters. The number of hydrogen-bond acceptors (Lipinski definition) is 5. The van der Waals surface area contributed by atoms with E-state index in [0.29, 0.717) is 17.9 Å². The van der Waals surface area contributed by atoms with Crippen LogP contribution in [0.3, 0.4) is 0 Å². The Morgan fingerprint density at radius 3 is 2.41 bits per heavy atom. The Morgan fingerprint density at radius 1 is 0.844 bits per heavy atom. The molecule has 1 aliphatic rings. The SMILES string of the molecule is COc1cccc(C2CC(c3ccc4ccccc4c3O)=NN2c2ccccc2)c1OC. The maximum atomic E-state index is 11.1. The number of para-hydroxylation sites is 2. The number of aromatic hydroxyl groups is 1. The smallest absolute Gasteiger partial charge is 0.166 e. The van der Waals surface area contributed by atoms with Gasteiger partial charge in [-0.1, -0.05) is 60.7 Å². The first-order chi connectivity index (χ1) is 15.7. The second-order valence-electron chi connectivity index (χ2n) is 7.71. The summed E-state index contributed by atoms with van der Waals surface area (Å²) < 4.78 is 11.3. The molecule has 1 aliphatic heterocycles. The standard InChI is InChI=1S/C27H24N2O3/c1-31-25-14-8-13-22(27(25)32-2)24-17-23(28-29(24)19-10-4-3-5-11-19)21-16-15-18-9-6-7-12-20(18)26(21)30/h3-16,24,30H,17H2,1-2H3. The van der Waals surface area contributed by atoms with Gasteiger partial charge >= 0.3 is 0 Å². The van der Waals surface area contributed by atoms with Gasteiger partial charge in [0.25, 0.3) is 0 Å². The summed E-state index contributed by atoms with van der Waals surface area (Å²) >= 11 is 0. The molecule has 0 aliphatic carbocycles. The third-order valence-corrected chi connectivity index (χ3v) is 5.93. The molecule has 0 radical (unpaired) electrons. The number of anilines is 1. The lowest BCUT2D eigenvalue weighted by Gasteiger charge is -2.26. The van der Waals surface area contributed by atoms with Crippen LogP contribution in [-0.2, 0) is 0 Å². The fourth-order valence-corrected chi connectivity index (χ4v) is 4.40. The first-order valence-electron chi connectivity index (χ1n) is 10.5. The van der Waals surface area contributed by atoms with Crippen LogP contribution in [0.2, 0.25) is 0 Å². The van der Waals surface area contributed by atoms with E-state index in [-0.39, 0.29) is 11.8 Å². The molecule has 4 aromatic carbocycles. The van der Waals surface area contributed by atoms with Crippen molar-refractivity contribution in [3.8, 4) is 17.2 Å². The summed E-state index contributed by atoms with van der Waals surface area (Å²) in [5, 5.41) is 19.9. The number of phenols is 1. The lowest BCUT2D eigenvalue weighted by Crippen LogP contribution is -2.19. The Bertz CT molecular complexity index is 1300. The van der Waals surface area contributed by atoms with E-state index in [2.05, 4.69) is 0 Å². The van der Waals surface area contributed by atoms with Crippen molar-refractivity contribution in [3.05, 3.63) is 96.1 Å². The zero-order valence-corrected chi connectivity index (χ0v) is 18.0. The van der Waals surface area contributed by atoms with Gasteiger partial charge < -0.3 is 14.6 Å². The van der Waals surface area contributed by atoms with Crippen LogP contribution in [0.4, 0.5) is 5.69 Å². The highest BCUT2D eigenvalue weighted by Crippen LogP contribution is 2.44. The molecule has 32 heavy (non-hydrogen) atoms. The van der Waals surface area contributed by atoms with Gasteiger partial charge in [-0.25, -0.2) is 0 Å². The molecule has 0 fully saturated rings. The summed E-state index contributed by atoms with van der Waals surface area (Å²) in [6.45, 7) is 0. The number of rotatable bonds is 5. The van der Waals surface area contributed by atoms with Crippen LogP contribution >= 0.6 is 0 Å². The van der Waals surface area contributed by atoms with E-state index in [0.717, 1.165) is 33.3 Å². The van der Waals surface area contributed by atoms with Gasteiger partial charge in [0.15, 0.2) is 11.5 Å². The third-order valence-electron chi connectivity index (χ3n) is 5.93. The number of benzene rings is 4. The predicted octanol–water partition coefficient (Wildman–Crippen LogP) is 5.92. The number of phenolic OH excluding ortho intramolecular Hbond substituents is 1. The van der Waals surface area contributed by atoms with Gasteiger partial charge in [0.2, 0.25) is 0 Å². The normalized spacial score (nSPS) is 15.6. The van der Waals surface area contributed by atoms with Crippen LogP contribution in [-0.4, -0.2) is 25.0 Å². The van der Waals surface area contributed by atoms with Crippen LogP contribution in [0.1, 0.15) is 23.6 Å². The third kappa shape index (κ3) is 3.32.